The number of hydrogen-bond donors (Lipinski definition) is 1. The Morgan fingerprint density at radius 3 is 1.57 bits per heavy atom. The van der Waals surface area contributed by atoms with Gasteiger partial charge >= 0.3 is 6.03 Å². The van der Waals surface area contributed by atoms with E-state index in [1.807, 2.05) is 62.4 Å². The van der Waals surface area contributed by atoms with Crippen molar-refractivity contribution in [3.05, 3.63) is 118 Å². The first-order valence-corrected chi connectivity index (χ1v) is 14.0. The average molecular weight is 570 g/mol. The summed E-state index contributed by atoms with van der Waals surface area (Å²) in [6, 6.07) is 18.2. The summed E-state index contributed by atoms with van der Waals surface area (Å²) in [5.74, 6) is 0.182. The molecule has 0 unspecified atom stereocenters. The first-order chi connectivity index (χ1) is 20.5. The molecule has 0 saturated carbocycles. The van der Waals surface area contributed by atoms with Gasteiger partial charge in [-0.25, -0.2) is 14.8 Å². The Morgan fingerprint density at radius 1 is 0.667 bits per heavy atom. The van der Waals surface area contributed by atoms with Crippen molar-refractivity contribution < 1.29 is 9.59 Å². The third-order valence-electron chi connectivity index (χ3n) is 6.72. The van der Waals surface area contributed by atoms with Crippen LogP contribution in [0, 0.1) is 0 Å². The Balaban J connectivity index is 0.000000182. The highest BCUT2D eigenvalue weighted by Crippen LogP contribution is 2.22. The van der Waals surface area contributed by atoms with Crippen LogP contribution >= 0.6 is 0 Å². The van der Waals surface area contributed by atoms with Gasteiger partial charge in [-0.3, -0.25) is 28.4 Å². The third kappa shape index (κ3) is 7.57. The number of amides is 3. The highest BCUT2D eigenvalue weighted by atomic mass is 16.2. The minimum Gasteiger partial charge on any atom is -0.336 e. The molecule has 11 heteroatoms. The van der Waals surface area contributed by atoms with E-state index in [1.165, 1.54) is 41.7 Å². The summed E-state index contributed by atoms with van der Waals surface area (Å²) in [4.78, 5) is 57.8. The number of nitrogens with one attached hydrogen (secondary N) is 1. The fraction of sp³-hybridized carbons (Fsp3) is 0.290. The van der Waals surface area contributed by atoms with Crippen molar-refractivity contribution in [1.29, 1.82) is 0 Å². The van der Waals surface area contributed by atoms with Gasteiger partial charge in [0, 0.05) is 62.0 Å². The molecule has 0 bridgehead atoms. The molecule has 4 aromatic rings. The maximum atomic E-state index is 11.7. The zero-order chi connectivity index (χ0) is 29.9. The minimum atomic E-state index is -0.0806. The fourth-order valence-electron chi connectivity index (χ4n) is 4.59. The van der Waals surface area contributed by atoms with Gasteiger partial charge in [0.05, 0.1) is 25.7 Å². The van der Waals surface area contributed by atoms with Crippen molar-refractivity contribution in [2.75, 3.05) is 29.4 Å². The number of carbonyl (C=O) groups excluding carboxylic acids is 2. The molecule has 4 heterocycles. The molecule has 2 aliphatic rings. The molecule has 0 atom stereocenters. The smallest absolute Gasteiger partial charge is 0.321 e. The predicted molar refractivity (Wildman–Crippen MR) is 162 cm³/mol. The van der Waals surface area contributed by atoms with Gasteiger partial charge in [-0.2, -0.15) is 0 Å². The number of carbonyl (C=O) groups is 2. The Hall–Kier alpha value is -5.06. The van der Waals surface area contributed by atoms with Gasteiger partial charge in [0.2, 0.25) is 5.91 Å². The predicted octanol–water partition coefficient (Wildman–Crippen LogP) is 3.27. The summed E-state index contributed by atoms with van der Waals surface area (Å²) in [7, 11) is 0. The molecule has 42 heavy (non-hydrogen) atoms. The molecule has 2 fully saturated rings. The Bertz CT molecular complexity index is 1480. The Kier molecular flexibility index (Phi) is 10.4. The van der Waals surface area contributed by atoms with Gasteiger partial charge < -0.3 is 10.2 Å². The summed E-state index contributed by atoms with van der Waals surface area (Å²) in [6.07, 6.45) is 7.57. The number of hydrogen-bond acceptors (Lipinski definition) is 6. The van der Waals surface area contributed by atoms with Crippen LogP contribution < -0.4 is 26.2 Å². The van der Waals surface area contributed by atoms with E-state index in [-0.39, 0.29) is 23.1 Å². The zero-order valence-corrected chi connectivity index (χ0v) is 23.8. The lowest BCUT2D eigenvalue weighted by atomic mass is 10.2. The second-order valence-electron chi connectivity index (χ2n) is 9.46. The summed E-state index contributed by atoms with van der Waals surface area (Å²) in [5, 5.41) is 2.76. The lowest BCUT2D eigenvalue weighted by Crippen LogP contribution is -2.27. The lowest BCUT2D eigenvalue weighted by molar-refractivity contribution is -0.117. The van der Waals surface area contributed by atoms with Gasteiger partial charge in [0.25, 0.3) is 11.1 Å². The van der Waals surface area contributed by atoms with Gasteiger partial charge in [-0.15, -0.1) is 0 Å². The highest BCUT2D eigenvalue weighted by Gasteiger charge is 2.22. The van der Waals surface area contributed by atoms with Gasteiger partial charge in [-0.1, -0.05) is 38.1 Å². The number of rotatable bonds is 6. The average Bonchev–Trinajstić information content (AvgIpc) is 3.65. The summed E-state index contributed by atoms with van der Waals surface area (Å²) >= 11 is 0. The molecular weight excluding hydrogens is 534 g/mol. The first-order valence-electron chi connectivity index (χ1n) is 14.0. The van der Waals surface area contributed by atoms with E-state index >= 15 is 0 Å². The highest BCUT2D eigenvalue weighted by molar-refractivity contribution is 5.95. The van der Waals surface area contributed by atoms with Crippen LogP contribution in [0.2, 0.25) is 0 Å². The van der Waals surface area contributed by atoms with Crippen molar-refractivity contribution in [3.8, 4) is 0 Å². The van der Waals surface area contributed by atoms with Crippen LogP contribution in [0.4, 0.5) is 16.2 Å². The molecule has 0 spiro atoms. The van der Waals surface area contributed by atoms with Crippen LogP contribution in [0.3, 0.4) is 0 Å². The van der Waals surface area contributed by atoms with Crippen LogP contribution in [0.15, 0.2) is 95.3 Å². The zero-order valence-electron chi connectivity index (χ0n) is 23.8. The van der Waals surface area contributed by atoms with Crippen molar-refractivity contribution >= 4 is 23.3 Å². The van der Waals surface area contributed by atoms with E-state index in [0.29, 0.717) is 32.6 Å². The van der Waals surface area contributed by atoms with Gasteiger partial charge in [0.1, 0.15) is 0 Å². The second-order valence-corrected chi connectivity index (χ2v) is 9.46. The Morgan fingerprint density at radius 2 is 1.17 bits per heavy atom. The van der Waals surface area contributed by atoms with Crippen molar-refractivity contribution in [1.82, 2.24) is 24.4 Å². The topological polar surface area (TPSA) is 122 Å². The number of aromatic nitrogens is 4. The normalized spacial score (nSPS) is 14.0. The molecule has 2 aromatic carbocycles. The SMILES string of the molecule is CC.O=C1CCCN1c1ccc(Cn2cnccc2=O)cc1.O=C1NCCN1c1ccc(Cn2cnccc2=O)cc1. The standard InChI is InChI=1S/C15H15N3O2.C14H14N4O2.C2H6/c19-14-7-8-16-11-17(14)10-12-3-5-13(6-4-12)18-9-1-2-15(18)20;19-13-5-6-15-10-17(13)9-11-1-3-12(4-2-11)18-8-7-16-14(18)20;1-2/h3-8,11H,1-2,9-10H2;1-6,10H,7-9H2,(H,16,20);1-2H3. The third-order valence-corrected chi connectivity index (χ3v) is 6.72. The van der Waals surface area contributed by atoms with Crippen LogP contribution in [0.5, 0.6) is 0 Å². The van der Waals surface area contributed by atoms with Crippen LogP contribution in [-0.4, -0.2) is 50.7 Å². The summed E-state index contributed by atoms with van der Waals surface area (Å²) in [5.41, 5.74) is 3.64. The largest absolute Gasteiger partial charge is 0.336 e. The maximum absolute atomic E-state index is 11.7. The summed E-state index contributed by atoms with van der Waals surface area (Å²) in [6.45, 7) is 7.10. The van der Waals surface area contributed by atoms with Crippen LogP contribution in [0.1, 0.15) is 37.8 Å². The molecule has 218 valence electrons. The molecule has 3 amide bonds. The number of benzene rings is 2. The number of urea groups is 1. The molecule has 11 nitrogen and oxygen atoms in total. The maximum Gasteiger partial charge on any atom is 0.321 e. The first kappa shape index (κ1) is 29.9. The molecule has 0 radical (unpaired) electrons. The number of anilines is 2. The summed E-state index contributed by atoms with van der Waals surface area (Å²) < 4.78 is 3.09. The molecule has 0 aliphatic carbocycles. The van der Waals surface area contributed by atoms with Crippen molar-refractivity contribution in [3.63, 3.8) is 0 Å². The fourth-order valence-corrected chi connectivity index (χ4v) is 4.59. The molecule has 2 saturated heterocycles. The molecule has 2 aliphatic heterocycles. The molecule has 2 aromatic heterocycles. The second kappa shape index (κ2) is 14.5. The van der Waals surface area contributed by atoms with E-state index < -0.39 is 0 Å². The van der Waals surface area contributed by atoms with E-state index in [4.69, 9.17) is 0 Å². The molecular formula is C31H35N7O4. The van der Waals surface area contributed by atoms with E-state index in [0.717, 1.165) is 35.5 Å². The Labute approximate surface area is 244 Å². The van der Waals surface area contributed by atoms with Crippen LogP contribution in [-0.2, 0) is 17.9 Å². The van der Waals surface area contributed by atoms with E-state index in [1.54, 1.807) is 14.4 Å². The van der Waals surface area contributed by atoms with Gasteiger partial charge in [-0.05, 0) is 41.8 Å². The lowest BCUT2D eigenvalue weighted by Gasteiger charge is -2.16. The van der Waals surface area contributed by atoms with Crippen LogP contribution in [0.25, 0.3) is 0 Å². The van der Waals surface area contributed by atoms with E-state index in [9.17, 15) is 19.2 Å². The van der Waals surface area contributed by atoms with E-state index in [2.05, 4.69) is 15.3 Å². The molecule has 1 N–H and O–H groups in total. The van der Waals surface area contributed by atoms with Gasteiger partial charge in [0.15, 0.2) is 0 Å². The quantitative estimate of drug-likeness (QED) is 0.380. The number of nitrogens with zero attached hydrogens (tertiary/aromatic N) is 6. The monoisotopic (exact) mass is 569 g/mol. The van der Waals surface area contributed by atoms with Crippen molar-refractivity contribution in [2.24, 2.45) is 0 Å². The molecule has 6 rings (SSSR count). The minimum absolute atomic E-state index is 0.0683. The van der Waals surface area contributed by atoms with Crippen molar-refractivity contribution in [2.45, 2.75) is 39.8 Å².